The van der Waals surface area contributed by atoms with Gasteiger partial charge in [-0.15, -0.1) is 11.3 Å². The highest BCUT2D eigenvalue weighted by molar-refractivity contribution is 7.99. The molecule has 0 fully saturated rings. The molecule has 0 saturated heterocycles. The summed E-state index contributed by atoms with van der Waals surface area (Å²) in [6.45, 7) is 4.29. The molecule has 5 aromatic rings. The van der Waals surface area contributed by atoms with Crippen LogP contribution in [-0.2, 0) is 6.54 Å². The van der Waals surface area contributed by atoms with Crippen molar-refractivity contribution in [3.63, 3.8) is 0 Å². The molecule has 2 aromatic carbocycles. The number of ether oxygens (including phenoxy) is 1. The highest BCUT2D eigenvalue weighted by atomic mass is 32.2. The number of thiophene rings is 1. The summed E-state index contributed by atoms with van der Waals surface area (Å²) >= 11 is 2.64. The number of hydrogen-bond acceptors (Lipinski definition) is 7. The SMILES string of the molecule is COc1ccc(Cn2c(SCC(=O)c3ccc(C)cc3C)nc3c(sc4ncccc43)c2=O)cc1. The maximum absolute atomic E-state index is 13.6. The fourth-order valence-corrected chi connectivity index (χ4v) is 5.94. The predicted molar refractivity (Wildman–Crippen MR) is 142 cm³/mol. The number of aryl methyl sites for hydroxylation is 2. The minimum Gasteiger partial charge on any atom is -0.497 e. The fraction of sp³-hybridized carbons (Fsp3) is 0.185. The van der Waals surface area contributed by atoms with Gasteiger partial charge in [0, 0.05) is 17.1 Å². The molecular weight excluding hydrogens is 478 g/mol. The fourth-order valence-electron chi connectivity index (χ4n) is 4.04. The Balaban J connectivity index is 1.56. The van der Waals surface area contributed by atoms with Crippen LogP contribution in [0.2, 0.25) is 0 Å². The normalized spacial score (nSPS) is 11.3. The average molecular weight is 502 g/mol. The zero-order valence-corrected chi connectivity index (χ0v) is 21.2. The quantitative estimate of drug-likeness (QED) is 0.163. The van der Waals surface area contributed by atoms with Gasteiger partial charge in [0.1, 0.15) is 15.3 Å². The van der Waals surface area contributed by atoms with Crippen molar-refractivity contribution in [3.8, 4) is 5.75 Å². The van der Waals surface area contributed by atoms with E-state index in [0.29, 0.717) is 27.5 Å². The molecule has 5 rings (SSSR count). The zero-order chi connectivity index (χ0) is 24.5. The number of benzene rings is 2. The lowest BCUT2D eigenvalue weighted by Gasteiger charge is -2.13. The van der Waals surface area contributed by atoms with Crippen molar-refractivity contribution in [3.05, 3.63) is 93.4 Å². The molecule has 0 unspecified atom stereocenters. The van der Waals surface area contributed by atoms with E-state index in [4.69, 9.17) is 9.72 Å². The molecule has 3 heterocycles. The highest BCUT2D eigenvalue weighted by Crippen LogP contribution is 2.31. The van der Waals surface area contributed by atoms with Gasteiger partial charge in [-0.1, -0.05) is 47.7 Å². The van der Waals surface area contributed by atoms with Crippen LogP contribution >= 0.6 is 23.1 Å². The lowest BCUT2D eigenvalue weighted by atomic mass is 10.0. The van der Waals surface area contributed by atoms with Gasteiger partial charge >= 0.3 is 0 Å². The third kappa shape index (κ3) is 4.59. The number of hydrogen-bond donors (Lipinski definition) is 0. The molecule has 0 amide bonds. The van der Waals surface area contributed by atoms with Gasteiger partial charge in [-0.25, -0.2) is 9.97 Å². The van der Waals surface area contributed by atoms with Gasteiger partial charge in [0.05, 0.1) is 24.9 Å². The standard InChI is InChI=1S/C27H23N3O3S2/c1-16-6-11-20(17(2)13-16)22(31)15-34-27-29-23-21-5-4-12-28-25(21)35-24(23)26(32)30(27)14-18-7-9-19(33-3)10-8-18/h4-13H,14-15H2,1-3H3. The molecular formula is C27H23N3O3S2. The summed E-state index contributed by atoms with van der Waals surface area (Å²) in [5.41, 5.74) is 4.20. The number of rotatable bonds is 7. The van der Waals surface area contributed by atoms with Crippen molar-refractivity contribution in [1.82, 2.24) is 14.5 Å². The Bertz CT molecular complexity index is 1620. The van der Waals surface area contributed by atoms with Crippen molar-refractivity contribution in [1.29, 1.82) is 0 Å². The third-order valence-corrected chi connectivity index (χ3v) is 7.90. The lowest BCUT2D eigenvalue weighted by Crippen LogP contribution is -2.23. The summed E-state index contributed by atoms with van der Waals surface area (Å²) in [6, 6.07) is 17.2. The van der Waals surface area contributed by atoms with Crippen LogP contribution < -0.4 is 10.3 Å². The van der Waals surface area contributed by atoms with E-state index in [1.54, 1.807) is 17.9 Å². The molecule has 3 aromatic heterocycles. The van der Waals surface area contributed by atoms with Gasteiger partial charge in [-0.05, 0) is 49.2 Å². The van der Waals surface area contributed by atoms with Crippen LogP contribution in [0.3, 0.4) is 0 Å². The van der Waals surface area contributed by atoms with Crippen molar-refractivity contribution >= 4 is 49.3 Å². The van der Waals surface area contributed by atoms with Gasteiger partial charge in [0.25, 0.3) is 5.56 Å². The molecule has 0 saturated carbocycles. The van der Waals surface area contributed by atoms with E-state index in [1.165, 1.54) is 23.1 Å². The maximum Gasteiger partial charge on any atom is 0.272 e. The number of aromatic nitrogens is 3. The van der Waals surface area contributed by atoms with E-state index >= 15 is 0 Å². The predicted octanol–water partition coefficient (Wildman–Crippen LogP) is 5.65. The molecule has 0 atom stereocenters. The number of carbonyl (C=O) groups excluding carboxylic acids is 1. The van der Waals surface area contributed by atoms with E-state index in [1.807, 2.05) is 68.4 Å². The zero-order valence-electron chi connectivity index (χ0n) is 19.6. The van der Waals surface area contributed by atoms with E-state index in [2.05, 4.69) is 4.98 Å². The Kier molecular flexibility index (Phi) is 6.40. The molecule has 176 valence electrons. The molecule has 0 aliphatic carbocycles. The molecule has 0 radical (unpaired) electrons. The van der Waals surface area contributed by atoms with Crippen LogP contribution in [0.25, 0.3) is 20.4 Å². The van der Waals surface area contributed by atoms with Crippen LogP contribution in [-0.4, -0.2) is 33.2 Å². The van der Waals surface area contributed by atoms with E-state index < -0.39 is 0 Å². The van der Waals surface area contributed by atoms with Gasteiger partial charge in [-0.2, -0.15) is 0 Å². The minimum absolute atomic E-state index is 0.00897. The van der Waals surface area contributed by atoms with Gasteiger partial charge in [0.15, 0.2) is 10.9 Å². The Morgan fingerprint density at radius 3 is 2.66 bits per heavy atom. The molecule has 0 aliphatic heterocycles. The van der Waals surface area contributed by atoms with Gasteiger partial charge < -0.3 is 4.74 Å². The lowest BCUT2D eigenvalue weighted by molar-refractivity contribution is 0.102. The number of carbonyl (C=O) groups is 1. The summed E-state index contributed by atoms with van der Waals surface area (Å²) in [4.78, 5) is 36.7. The van der Waals surface area contributed by atoms with Crippen LogP contribution in [0.5, 0.6) is 5.75 Å². The number of ketones is 1. The number of Topliss-reactive ketones (excluding diaryl/α,β-unsaturated/α-hetero) is 1. The molecule has 0 spiro atoms. The Morgan fingerprint density at radius 1 is 1.11 bits per heavy atom. The number of pyridine rings is 1. The van der Waals surface area contributed by atoms with Crippen molar-refractivity contribution in [2.75, 3.05) is 12.9 Å². The Hall–Kier alpha value is -3.49. The van der Waals surface area contributed by atoms with E-state index in [9.17, 15) is 9.59 Å². The Morgan fingerprint density at radius 2 is 1.91 bits per heavy atom. The summed E-state index contributed by atoms with van der Waals surface area (Å²) < 4.78 is 7.47. The first kappa shape index (κ1) is 23.3. The summed E-state index contributed by atoms with van der Waals surface area (Å²) in [6.07, 6.45) is 1.71. The number of thioether (sulfide) groups is 1. The largest absolute Gasteiger partial charge is 0.497 e. The van der Waals surface area contributed by atoms with Crippen molar-refractivity contribution in [2.45, 2.75) is 25.5 Å². The average Bonchev–Trinajstić information content (AvgIpc) is 3.24. The first-order valence-electron chi connectivity index (χ1n) is 11.1. The molecule has 0 aliphatic rings. The minimum atomic E-state index is -0.129. The van der Waals surface area contributed by atoms with Gasteiger partial charge in [0.2, 0.25) is 0 Å². The second kappa shape index (κ2) is 9.64. The smallest absolute Gasteiger partial charge is 0.272 e. The monoisotopic (exact) mass is 501 g/mol. The topological polar surface area (TPSA) is 74.1 Å². The molecule has 6 nitrogen and oxygen atoms in total. The van der Waals surface area contributed by atoms with Crippen LogP contribution in [0, 0.1) is 13.8 Å². The number of nitrogens with zero attached hydrogens (tertiary/aromatic N) is 3. The number of methoxy groups -OCH3 is 1. The van der Waals surface area contributed by atoms with Crippen LogP contribution in [0.4, 0.5) is 0 Å². The summed E-state index contributed by atoms with van der Waals surface area (Å²) in [5.74, 6) is 0.943. The molecule has 0 bridgehead atoms. The second-order valence-corrected chi connectivity index (χ2v) is 10.2. The van der Waals surface area contributed by atoms with Gasteiger partial charge in [-0.3, -0.25) is 14.2 Å². The number of fused-ring (bicyclic) bond motifs is 3. The first-order chi connectivity index (χ1) is 16.9. The van der Waals surface area contributed by atoms with Crippen molar-refractivity contribution in [2.24, 2.45) is 0 Å². The third-order valence-electron chi connectivity index (χ3n) is 5.83. The summed E-state index contributed by atoms with van der Waals surface area (Å²) in [5, 5.41) is 1.36. The highest BCUT2D eigenvalue weighted by Gasteiger charge is 2.19. The Labute approximate surface area is 210 Å². The van der Waals surface area contributed by atoms with E-state index in [-0.39, 0.29) is 17.1 Å². The maximum atomic E-state index is 13.6. The van der Waals surface area contributed by atoms with E-state index in [0.717, 1.165) is 32.7 Å². The molecule has 35 heavy (non-hydrogen) atoms. The van der Waals surface area contributed by atoms with Crippen LogP contribution in [0.15, 0.2) is 70.7 Å². The molecule has 8 heteroatoms. The second-order valence-electron chi connectivity index (χ2n) is 8.30. The van der Waals surface area contributed by atoms with Crippen LogP contribution in [0.1, 0.15) is 27.0 Å². The first-order valence-corrected chi connectivity index (χ1v) is 12.9. The van der Waals surface area contributed by atoms with Crippen molar-refractivity contribution < 1.29 is 9.53 Å². The molecule has 0 N–H and O–H groups in total. The summed E-state index contributed by atoms with van der Waals surface area (Å²) in [7, 11) is 1.62.